The lowest BCUT2D eigenvalue weighted by Crippen LogP contribution is -2.34. The SMILES string of the molecule is CCc1sc(-c2cccnc2)nc1N1CCc2[nH]c(-c3c(F)cccc3F)cc2C1.CCc1sc(-c2cccnc2)nc1N1CCc2c(cc(-c3c(F)cccc3F)n2C(=O)OC(C)(C)C)C1.CCc1sc(-c2cccnc2)nc1O.CCc1sc(-c2cccnc2)nc1O.NC(=S)c1cccnc1. The Morgan fingerprint density at radius 1 is 0.538 bits per heavy atom. The second kappa shape index (κ2) is 34.2. The van der Waals surface area contributed by atoms with Crippen LogP contribution in [0.5, 0.6) is 11.8 Å². The predicted molar refractivity (Wildman–Crippen MR) is 409 cm³/mol. The van der Waals surface area contributed by atoms with Crippen LogP contribution in [0.4, 0.5) is 34.0 Å². The maximum absolute atomic E-state index is 14.9. The molecule has 0 unspecified atom stereocenters. The average molecular weight is 1500 g/mol. The number of anilines is 2. The number of fused-ring (bicyclic) bond motifs is 2. The third-order valence-electron chi connectivity index (χ3n) is 16.4. The van der Waals surface area contributed by atoms with Gasteiger partial charge >= 0.3 is 6.09 Å². The summed E-state index contributed by atoms with van der Waals surface area (Å²) in [4.78, 5) is 63.8. The van der Waals surface area contributed by atoms with Crippen molar-refractivity contribution in [1.29, 1.82) is 0 Å². The Morgan fingerprint density at radius 2 is 0.942 bits per heavy atom. The van der Waals surface area contributed by atoms with Crippen molar-refractivity contribution in [2.24, 2.45) is 5.73 Å². The Bertz CT molecular complexity index is 4930. The molecular weight excluding hydrogens is 1420 g/mol. The van der Waals surface area contributed by atoms with E-state index in [1.54, 1.807) is 111 Å². The number of thiazole rings is 4. The molecule has 5 N–H and O–H groups in total. The smallest absolute Gasteiger partial charge is 0.419 e. The van der Waals surface area contributed by atoms with E-state index < -0.39 is 35.0 Å². The third kappa shape index (κ3) is 17.9. The first-order valence-corrected chi connectivity index (χ1v) is 37.1. The molecule has 13 heterocycles. The number of carbonyl (C=O) groups is 1. The molecule has 13 aromatic rings. The molecule has 27 heteroatoms. The molecule has 0 bridgehead atoms. The molecule has 104 heavy (non-hydrogen) atoms. The molecule has 2 aliphatic rings. The molecule has 534 valence electrons. The molecule has 0 saturated carbocycles. The topological polar surface area (TPSA) is 236 Å². The van der Waals surface area contributed by atoms with Gasteiger partial charge in [0.05, 0.1) is 32.3 Å². The van der Waals surface area contributed by atoms with Gasteiger partial charge in [0, 0.05) is 150 Å². The summed E-state index contributed by atoms with van der Waals surface area (Å²) >= 11 is 11.1. The summed E-state index contributed by atoms with van der Waals surface area (Å²) in [6, 6.07) is 30.2. The van der Waals surface area contributed by atoms with Gasteiger partial charge in [-0.2, -0.15) is 0 Å². The van der Waals surface area contributed by atoms with Crippen LogP contribution in [-0.4, -0.2) is 94.4 Å². The molecule has 0 amide bonds. The molecule has 2 aromatic carbocycles. The number of nitrogens with zero attached hydrogens (tertiary/aromatic N) is 12. The van der Waals surface area contributed by atoms with Crippen molar-refractivity contribution in [3.8, 4) is 76.6 Å². The Morgan fingerprint density at radius 3 is 1.33 bits per heavy atom. The van der Waals surface area contributed by atoms with Crippen LogP contribution >= 0.6 is 57.6 Å². The van der Waals surface area contributed by atoms with Crippen LogP contribution in [0.25, 0.3) is 64.8 Å². The van der Waals surface area contributed by atoms with Gasteiger partial charge in [-0.25, -0.2) is 46.9 Å². The number of hydrogen-bond donors (Lipinski definition) is 4. The lowest BCUT2D eigenvalue weighted by molar-refractivity contribution is 0.0535. The quantitative estimate of drug-likeness (QED) is 0.0620. The first kappa shape index (κ1) is 74.7. The largest absolute Gasteiger partial charge is 0.492 e. The standard InChI is InChI=1S/C28H28F2N4O2S.C23H20F2N4S.2C10H10N2OS.C6H6N2S/c1-5-23-25(32-26(37-23)17-8-7-12-31-15-17)33-13-11-21-18(16-33)14-22(24-19(29)9-6-10-20(24)30)34(21)27(35)36-28(2,3)4;1-2-20-22(28-23(30-20)14-5-4-9-26-12-14)29-10-8-18-15(13-29)11-19(27-18)21-16(24)6-3-7-17(21)25;2*1-2-8-9(13)12-10(14-8)7-4-3-5-11-6-7;7-6(9)5-2-1-3-8-4-5/h6-10,12,14-15H,5,11,13,16H2,1-4H3;3-7,9,11-12,27H,2,8,10,13H2,1H3;2*3-6,13H,2H2,1H3;1-4H,(H2,7,9). The number of hydrogen-bond acceptors (Lipinski definition) is 20. The summed E-state index contributed by atoms with van der Waals surface area (Å²) in [5, 5.41) is 22.5. The van der Waals surface area contributed by atoms with Crippen LogP contribution in [-0.2, 0) is 56.4 Å². The first-order chi connectivity index (χ1) is 50.2. The summed E-state index contributed by atoms with van der Waals surface area (Å²) in [6.07, 6.45) is 21.3. The zero-order valence-electron chi connectivity index (χ0n) is 57.9. The summed E-state index contributed by atoms with van der Waals surface area (Å²) in [5.41, 5.74) is 13.2. The fourth-order valence-electron chi connectivity index (χ4n) is 11.4. The number of pyridine rings is 5. The second-order valence-electron chi connectivity index (χ2n) is 24.6. The number of H-pyrrole nitrogens is 1. The zero-order chi connectivity index (χ0) is 73.6. The van der Waals surface area contributed by atoms with Crippen molar-refractivity contribution in [2.45, 2.75) is 106 Å². The van der Waals surface area contributed by atoms with Gasteiger partial charge in [-0.15, -0.1) is 45.3 Å². The predicted octanol–water partition coefficient (Wildman–Crippen LogP) is 18.1. The van der Waals surface area contributed by atoms with Gasteiger partial charge in [-0.3, -0.25) is 24.9 Å². The fourth-order valence-corrected chi connectivity index (χ4v) is 15.3. The number of aromatic nitrogens is 11. The minimum atomic E-state index is -0.765. The number of aromatic hydroxyl groups is 2. The van der Waals surface area contributed by atoms with Crippen molar-refractivity contribution in [2.75, 3.05) is 22.9 Å². The van der Waals surface area contributed by atoms with Crippen LogP contribution in [0.15, 0.2) is 171 Å². The van der Waals surface area contributed by atoms with Gasteiger partial charge in [0.25, 0.3) is 0 Å². The Kier molecular flexibility index (Phi) is 24.6. The Hall–Kier alpha value is -10.5. The van der Waals surface area contributed by atoms with E-state index in [-0.39, 0.29) is 28.6 Å². The van der Waals surface area contributed by atoms with E-state index >= 15 is 0 Å². The van der Waals surface area contributed by atoms with Crippen LogP contribution < -0.4 is 15.5 Å². The molecule has 15 rings (SSSR count). The van der Waals surface area contributed by atoms with Gasteiger partial charge in [0.15, 0.2) is 0 Å². The van der Waals surface area contributed by atoms with Crippen molar-refractivity contribution in [1.82, 2.24) is 54.4 Å². The Labute approximate surface area is 620 Å². The molecule has 0 aliphatic carbocycles. The van der Waals surface area contributed by atoms with Crippen LogP contribution in [0, 0.1) is 23.3 Å². The Balaban J connectivity index is 0.000000142. The van der Waals surface area contributed by atoms with E-state index in [1.165, 1.54) is 68.5 Å². The lowest BCUT2D eigenvalue weighted by atomic mass is 10.1. The molecule has 0 radical (unpaired) electrons. The number of nitrogens with two attached hydrogens (primary N) is 1. The summed E-state index contributed by atoms with van der Waals surface area (Å²) in [6.45, 7) is 16.0. The highest BCUT2D eigenvalue weighted by Crippen LogP contribution is 2.41. The zero-order valence-corrected chi connectivity index (χ0v) is 62.0. The van der Waals surface area contributed by atoms with Gasteiger partial charge in [-0.1, -0.05) is 52.0 Å². The van der Waals surface area contributed by atoms with Gasteiger partial charge in [-0.05, 0) is 155 Å². The normalized spacial score (nSPS) is 12.3. The van der Waals surface area contributed by atoms with Crippen LogP contribution in [0.3, 0.4) is 0 Å². The lowest BCUT2D eigenvalue weighted by Gasteiger charge is -2.29. The van der Waals surface area contributed by atoms with E-state index in [9.17, 15) is 32.6 Å². The van der Waals surface area contributed by atoms with Crippen LogP contribution in [0.2, 0.25) is 0 Å². The number of nitrogens with one attached hydrogen (secondary N) is 1. The van der Waals surface area contributed by atoms with E-state index in [4.69, 9.17) is 32.7 Å². The molecule has 0 atom stereocenters. The number of ether oxygens (including phenoxy) is 1. The van der Waals surface area contributed by atoms with Crippen molar-refractivity contribution < 1.29 is 37.3 Å². The fraction of sp³-hybridized carbons (Fsp3) is 0.234. The number of halogens is 4. The van der Waals surface area contributed by atoms with Crippen molar-refractivity contribution in [3.05, 3.63) is 242 Å². The molecular formula is C77H74F4N14O4S5. The summed E-state index contributed by atoms with van der Waals surface area (Å²) in [5.74, 6) is -0.394. The molecule has 0 spiro atoms. The highest BCUT2D eigenvalue weighted by molar-refractivity contribution is 7.80. The highest BCUT2D eigenvalue weighted by Gasteiger charge is 2.33. The third-order valence-corrected chi connectivity index (χ3v) is 21.5. The number of rotatable bonds is 13. The number of aromatic amines is 1. The van der Waals surface area contributed by atoms with Crippen LogP contribution in [0.1, 0.15) is 96.1 Å². The van der Waals surface area contributed by atoms with Gasteiger partial charge in [0.2, 0.25) is 11.8 Å². The molecule has 2 aliphatic heterocycles. The van der Waals surface area contributed by atoms with E-state index in [2.05, 4.69) is 63.5 Å². The first-order valence-electron chi connectivity index (χ1n) is 33.5. The number of benzene rings is 2. The van der Waals surface area contributed by atoms with E-state index in [0.717, 1.165) is 130 Å². The van der Waals surface area contributed by atoms with Crippen molar-refractivity contribution >= 4 is 80.3 Å². The average Bonchev–Trinajstić information content (AvgIpc) is 1.61. The van der Waals surface area contributed by atoms with Gasteiger partial charge < -0.3 is 35.5 Å². The molecule has 0 fully saturated rings. The second-order valence-corrected chi connectivity index (χ2v) is 29.4. The van der Waals surface area contributed by atoms with Gasteiger partial charge in [0.1, 0.15) is 65.5 Å². The maximum Gasteiger partial charge on any atom is 0.419 e. The van der Waals surface area contributed by atoms with Crippen molar-refractivity contribution in [3.63, 3.8) is 0 Å². The molecule has 0 saturated heterocycles. The number of aryl methyl sites for hydroxylation is 4. The monoisotopic (exact) mass is 1490 g/mol. The summed E-state index contributed by atoms with van der Waals surface area (Å²) in [7, 11) is 0. The van der Waals surface area contributed by atoms with E-state index in [0.29, 0.717) is 42.4 Å². The minimum Gasteiger partial charge on any atom is -0.492 e. The highest BCUT2D eigenvalue weighted by atomic mass is 32.1. The summed E-state index contributed by atoms with van der Waals surface area (Å²) < 4.78 is 65.1. The molecule has 18 nitrogen and oxygen atoms in total. The number of thiocarbonyl (C=S) groups is 1. The number of carbonyl (C=O) groups excluding carboxylic acids is 1. The van der Waals surface area contributed by atoms with E-state index in [1.807, 2.05) is 80.7 Å². The molecule has 11 aromatic heterocycles. The maximum atomic E-state index is 14.9. The minimum absolute atomic E-state index is 0.000203.